The van der Waals surface area contributed by atoms with Gasteiger partial charge in [0.2, 0.25) is 11.8 Å². The van der Waals surface area contributed by atoms with Crippen molar-refractivity contribution >= 4 is 23.2 Å². The Hall–Kier alpha value is -5.14. The van der Waals surface area contributed by atoms with Crippen molar-refractivity contribution in [3.05, 3.63) is 142 Å². The first-order chi connectivity index (χ1) is 26.0. The summed E-state index contributed by atoms with van der Waals surface area (Å²) >= 11 is 0. The molecule has 0 aromatic heterocycles. The van der Waals surface area contributed by atoms with Crippen LogP contribution in [0.25, 0.3) is 0 Å². The van der Waals surface area contributed by atoms with Crippen molar-refractivity contribution in [1.82, 2.24) is 19.6 Å². The molecule has 0 unspecified atom stereocenters. The highest BCUT2D eigenvalue weighted by Gasteiger charge is 2.30. The molecule has 0 radical (unpaired) electrons. The molecule has 0 spiro atoms. The van der Waals surface area contributed by atoms with Gasteiger partial charge < -0.3 is 25.7 Å². The molecular weight excluding hydrogens is 684 g/mol. The molecule has 54 heavy (non-hydrogen) atoms. The number of nitro groups is 1. The number of para-hydroxylation sites is 2. The number of nitrogen functional groups attached to an aromatic ring is 1. The Morgan fingerprint density at radius 1 is 0.704 bits per heavy atom. The molecular formula is C42H52N6O6. The molecule has 0 bridgehead atoms. The van der Waals surface area contributed by atoms with E-state index in [9.17, 15) is 29.9 Å². The number of hydrogen-bond acceptors (Lipinski definition) is 9. The number of anilines is 1. The summed E-state index contributed by atoms with van der Waals surface area (Å²) in [4.78, 5) is 44.5. The number of nitrogens with two attached hydrogens (primary N) is 1. The number of carbonyl (C=O) groups excluding carboxylic acids is 2. The SMILES string of the molecule is CN(C(=O)Cc1ccccc1N)[C@H](CN1CC[C@H](O)C1)c1ccccc1.CN(C(=O)Cc1ccccc1[N+](=O)[O-])[C@H](CN1CC[C@H](O)C1)c1ccccc1. The van der Waals surface area contributed by atoms with E-state index >= 15 is 0 Å². The van der Waals surface area contributed by atoms with Crippen LogP contribution >= 0.6 is 0 Å². The number of aliphatic hydroxyl groups is 2. The fourth-order valence-corrected chi connectivity index (χ4v) is 7.16. The number of β-amino-alcohol motifs (C(OH)–C–C–N with tert-alkyl or cyclic N) is 2. The van der Waals surface area contributed by atoms with Crippen LogP contribution in [0.5, 0.6) is 0 Å². The smallest absolute Gasteiger partial charge is 0.273 e. The van der Waals surface area contributed by atoms with Crippen LogP contribution < -0.4 is 5.73 Å². The number of aliphatic hydroxyl groups excluding tert-OH is 2. The third-order valence-electron chi connectivity index (χ3n) is 10.4. The minimum absolute atomic E-state index is 0.0282. The lowest BCUT2D eigenvalue weighted by Gasteiger charge is -2.32. The summed E-state index contributed by atoms with van der Waals surface area (Å²) < 4.78 is 0. The zero-order chi connectivity index (χ0) is 38.6. The highest BCUT2D eigenvalue weighted by molar-refractivity contribution is 5.81. The molecule has 12 nitrogen and oxygen atoms in total. The zero-order valence-corrected chi connectivity index (χ0v) is 31.1. The molecule has 12 heteroatoms. The van der Waals surface area contributed by atoms with Crippen LogP contribution in [0, 0.1) is 10.1 Å². The van der Waals surface area contributed by atoms with Crippen LogP contribution in [0.2, 0.25) is 0 Å². The monoisotopic (exact) mass is 736 g/mol. The van der Waals surface area contributed by atoms with Crippen LogP contribution in [-0.4, -0.2) is 112 Å². The Balaban J connectivity index is 0.000000208. The lowest BCUT2D eigenvalue weighted by atomic mass is 10.0. The van der Waals surface area contributed by atoms with Gasteiger partial charge in [-0.2, -0.15) is 0 Å². The largest absolute Gasteiger partial charge is 0.398 e. The van der Waals surface area contributed by atoms with E-state index in [4.69, 9.17) is 5.73 Å². The van der Waals surface area contributed by atoms with Crippen molar-refractivity contribution in [3.63, 3.8) is 0 Å². The third-order valence-corrected chi connectivity index (χ3v) is 10.4. The summed E-state index contributed by atoms with van der Waals surface area (Å²) in [5.74, 6) is -0.139. The molecule has 4 aromatic rings. The number of rotatable bonds is 13. The number of nitrogens with zero attached hydrogens (tertiary/aromatic N) is 5. The third kappa shape index (κ3) is 11.0. The van der Waals surface area contributed by atoms with Gasteiger partial charge in [-0.1, -0.05) is 97.1 Å². The van der Waals surface area contributed by atoms with E-state index in [0.29, 0.717) is 37.4 Å². The molecule has 2 fully saturated rings. The van der Waals surface area contributed by atoms with Crippen molar-refractivity contribution < 1.29 is 24.7 Å². The first-order valence-electron chi connectivity index (χ1n) is 18.5. The molecule has 2 saturated heterocycles. The topological polar surface area (TPSA) is 157 Å². The molecule has 4 atom stereocenters. The fourth-order valence-electron chi connectivity index (χ4n) is 7.16. The minimum Gasteiger partial charge on any atom is -0.398 e. The Labute approximate surface area is 317 Å². The van der Waals surface area contributed by atoms with Crippen molar-refractivity contribution in [2.24, 2.45) is 0 Å². The van der Waals surface area contributed by atoms with Crippen LogP contribution in [0.4, 0.5) is 11.4 Å². The summed E-state index contributed by atoms with van der Waals surface area (Å²) in [5, 5.41) is 30.9. The maximum Gasteiger partial charge on any atom is 0.273 e. The van der Waals surface area contributed by atoms with E-state index in [0.717, 1.165) is 42.6 Å². The molecule has 0 saturated carbocycles. The van der Waals surface area contributed by atoms with Crippen molar-refractivity contribution in [2.45, 2.75) is 50.0 Å². The molecule has 6 rings (SSSR count). The summed E-state index contributed by atoms with van der Waals surface area (Å²) in [6.45, 7) is 4.23. The Morgan fingerprint density at radius 2 is 1.11 bits per heavy atom. The van der Waals surface area contributed by atoms with Gasteiger partial charge in [0.25, 0.3) is 5.69 Å². The lowest BCUT2D eigenvalue weighted by Crippen LogP contribution is -2.39. The second kappa shape index (κ2) is 19.3. The van der Waals surface area contributed by atoms with Gasteiger partial charge in [-0.15, -0.1) is 0 Å². The maximum atomic E-state index is 13.0. The fraction of sp³-hybridized carbons (Fsp3) is 0.381. The summed E-state index contributed by atoms with van der Waals surface area (Å²) in [6, 6.07) is 33.4. The molecule has 2 aliphatic rings. The molecule has 4 N–H and O–H groups in total. The molecule has 0 aliphatic carbocycles. The quantitative estimate of drug-likeness (QED) is 0.102. The summed E-state index contributed by atoms with van der Waals surface area (Å²) in [6.07, 6.45) is 1.19. The van der Waals surface area contributed by atoms with Gasteiger partial charge in [0, 0.05) is 70.7 Å². The normalized spacial score (nSPS) is 18.3. The van der Waals surface area contributed by atoms with E-state index in [1.807, 2.05) is 84.7 Å². The van der Waals surface area contributed by atoms with Gasteiger partial charge in [0.05, 0.1) is 42.1 Å². The van der Waals surface area contributed by atoms with E-state index in [1.54, 1.807) is 30.1 Å². The molecule has 2 amide bonds. The number of benzene rings is 4. The van der Waals surface area contributed by atoms with Gasteiger partial charge in [-0.05, 0) is 35.6 Å². The highest BCUT2D eigenvalue weighted by atomic mass is 16.6. The van der Waals surface area contributed by atoms with Gasteiger partial charge in [-0.25, -0.2) is 0 Å². The average molecular weight is 737 g/mol. The van der Waals surface area contributed by atoms with E-state index < -0.39 is 4.92 Å². The predicted octanol–water partition coefficient (Wildman–Crippen LogP) is 4.48. The van der Waals surface area contributed by atoms with Gasteiger partial charge in [0.15, 0.2) is 0 Å². The maximum absolute atomic E-state index is 13.0. The van der Waals surface area contributed by atoms with Crippen LogP contribution in [0.15, 0.2) is 109 Å². The van der Waals surface area contributed by atoms with Gasteiger partial charge >= 0.3 is 0 Å². The van der Waals surface area contributed by atoms with Crippen LogP contribution in [-0.2, 0) is 22.4 Å². The van der Waals surface area contributed by atoms with E-state index in [2.05, 4.69) is 21.9 Å². The first kappa shape index (κ1) is 40.1. The zero-order valence-electron chi connectivity index (χ0n) is 31.1. The van der Waals surface area contributed by atoms with Crippen LogP contribution in [0.3, 0.4) is 0 Å². The summed E-state index contributed by atoms with van der Waals surface area (Å²) in [5.41, 5.74) is 9.97. The van der Waals surface area contributed by atoms with E-state index in [1.165, 1.54) is 6.07 Å². The predicted molar refractivity (Wildman–Crippen MR) is 209 cm³/mol. The van der Waals surface area contributed by atoms with Gasteiger partial charge in [0.1, 0.15) is 0 Å². The molecule has 2 aliphatic heterocycles. The number of likely N-dealkylation sites (N-methyl/N-ethyl adjacent to an activating group) is 2. The molecule has 2 heterocycles. The molecule has 4 aromatic carbocycles. The number of likely N-dealkylation sites (tertiary alicyclic amines) is 2. The lowest BCUT2D eigenvalue weighted by molar-refractivity contribution is -0.385. The van der Waals surface area contributed by atoms with Crippen molar-refractivity contribution in [1.29, 1.82) is 0 Å². The Morgan fingerprint density at radius 3 is 1.54 bits per heavy atom. The van der Waals surface area contributed by atoms with Crippen LogP contribution in [0.1, 0.15) is 47.2 Å². The second-order valence-corrected chi connectivity index (χ2v) is 14.2. The average Bonchev–Trinajstić information content (AvgIpc) is 3.80. The second-order valence-electron chi connectivity index (χ2n) is 14.2. The summed E-state index contributed by atoms with van der Waals surface area (Å²) in [7, 11) is 3.59. The first-order valence-corrected chi connectivity index (χ1v) is 18.5. The highest BCUT2D eigenvalue weighted by Crippen LogP contribution is 2.27. The van der Waals surface area contributed by atoms with Crippen molar-refractivity contribution in [2.75, 3.05) is 59.1 Å². The number of carbonyl (C=O) groups is 2. The van der Waals surface area contributed by atoms with E-state index in [-0.39, 0.29) is 54.6 Å². The Kier molecular flexibility index (Phi) is 14.3. The van der Waals surface area contributed by atoms with Gasteiger partial charge in [-0.3, -0.25) is 29.5 Å². The van der Waals surface area contributed by atoms with Crippen molar-refractivity contribution in [3.8, 4) is 0 Å². The minimum atomic E-state index is -0.455. The molecule has 286 valence electrons. The standard InChI is InChI=1S/C21H25N3O4.C21H27N3O2/c1-22(21(26)13-17-9-5-6-10-19(17)24(27)28)20(16-7-3-2-4-8-16)15-23-12-11-18(25)14-23;1-23(21(26)13-17-9-5-6-10-19(17)22)20(16-7-3-2-4-8-16)15-24-12-11-18(25)14-24/h2-10,18,20,25H,11-15H2,1H3;2-10,18,20,25H,11-15,22H2,1H3/t2*18-,20+/m00/s1. The Bertz CT molecular complexity index is 1830. The number of amides is 2. The number of hydrogen-bond donors (Lipinski definition) is 3. The number of nitro benzene ring substituents is 1.